The first-order valence-electron chi connectivity index (χ1n) is 6.04. The molecule has 0 saturated heterocycles. The maximum atomic E-state index is 12.4. The van der Waals surface area contributed by atoms with E-state index >= 15 is 0 Å². The van der Waals surface area contributed by atoms with Gasteiger partial charge in [-0.15, -0.1) is 10.2 Å². The van der Waals surface area contributed by atoms with E-state index in [0.717, 1.165) is 0 Å². The molecule has 1 aromatic heterocycles. The molecule has 0 atom stereocenters. The molecule has 0 aliphatic carbocycles. The molecule has 0 amide bonds. The highest BCUT2D eigenvalue weighted by atomic mass is 32.2. The van der Waals surface area contributed by atoms with Gasteiger partial charge in [0.2, 0.25) is 10.0 Å². The van der Waals surface area contributed by atoms with E-state index in [1.54, 1.807) is 30.7 Å². The molecule has 3 N–H and O–H groups in total. The summed E-state index contributed by atoms with van der Waals surface area (Å²) in [6.07, 6.45) is 1.50. The average molecular weight is 325 g/mol. The van der Waals surface area contributed by atoms with Crippen molar-refractivity contribution < 1.29 is 8.42 Å². The Hall–Kier alpha value is -1.84. The summed E-state index contributed by atoms with van der Waals surface area (Å²) >= 11 is 4.88. The van der Waals surface area contributed by atoms with E-state index in [1.165, 1.54) is 12.4 Å². The SMILES string of the molecule is Cc1ccc(C(N)=S)cc1S(=O)(=O)NCc1nncn1C. The zero-order chi connectivity index (χ0) is 15.6. The Morgan fingerprint density at radius 2 is 2.19 bits per heavy atom. The fourth-order valence-electron chi connectivity index (χ4n) is 1.75. The fourth-order valence-corrected chi connectivity index (χ4v) is 3.12. The van der Waals surface area contributed by atoms with E-state index in [-0.39, 0.29) is 16.4 Å². The third-order valence-corrected chi connectivity index (χ3v) is 4.77. The van der Waals surface area contributed by atoms with E-state index in [1.807, 2.05) is 0 Å². The molecule has 0 bridgehead atoms. The van der Waals surface area contributed by atoms with Gasteiger partial charge in [0.05, 0.1) is 11.4 Å². The van der Waals surface area contributed by atoms with E-state index < -0.39 is 10.0 Å². The van der Waals surface area contributed by atoms with Crippen LogP contribution in [0, 0.1) is 6.92 Å². The minimum Gasteiger partial charge on any atom is -0.389 e. The molecule has 0 fully saturated rings. The highest BCUT2D eigenvalue weighted by Crippen LogP contribution is 2.17. The van der Waals surface area contributed by atoms with Crippen molar-refractivity contribution in [2.75, 3.05) is 0 Å². The average Bonchev–Trinajstić information content (AvgIpc) is 2.82. The third kappa shape index (κ3) is 3.43. The molecule has 0 saturated carbocycles. The largest absolute Gasteiger partial charge is 0.389 e. The van der Waals surface area contributed by atoms with Gasteiger partial charge in [-0.3, -0.25) is 0 Å². The predicted molar refractivity (Wildman–Crippen MR) is 82.1 cm³/mol. The van der Waals surface area contributed by atoms with Crippen molar-refractivity contribution in [1.82, 2.24) is 19.5 Å². The van der Waals surface area contributed by atoms with Crippen molar-refractivity contribution in [2.24, 2.45) is 12.8 Å². The molecular formula is C12H15N5O2S2. The minimum absolute atomic E-state index is 0.0512. The van der Waals surface area contributed by atoms with Crippen LogP contribution in [0.4, 0.5) is 0 Å². The topological polar surface area (TPSA) is 103 Å². The van der Waals surface area contributed by atoms with Crippen LogP contribution < -0.4 is 10.5 Å². The molecule has 0 aliphatic rings. The van der Waals surface area contributed by atoms with Crippen LogP contribution in [0.1, 0.15) is 17.0 Å². The van der Waals surface area contributed by atoms with Crippen LogP contribution in [0.15, 0.2) is 29.4 Å². The summed E-state index contributed by atoms with van der Waals surface area (Å²) in [4.78, 5) is 0.301. The Balaban J connectivity index is 2.29. The first-order chi connectivity index (χ1) is 9.81. The molecule has 2 rings (SSSR count). The molecule has 112 valence electrons. The lowest BCUT2D eigenvalue weighted by Gasteiger charge is -2.10. The maximum Gasteiger partial charge on any atom is 0.241 e. The van der Waals surface area contributed by atoms with Crippen LogP contribution >= 0.6 is 12.2 Å². The van der Waals surface area contributed by atoms with Gasteiger partial charge < -0.3 is 10.3 Å². The van der Waals surface area contributed by atoms with Crippen molar-refractivity contribution in [3.8, 4) is 0 Å². The molecule has 1 heterocycles. The predicted octanol–water partition coefficient (Wildman–Crippen LogP) is 0.236. The molecule has 1 aromatic carbocycles. The number of aromatic nitrogens is 3. The van der Waals surface area contributed by atoms with Gasteiger partial charge in [-0.05, 0) is 18.6 Å². The van der Waals surface area contributed by atoms with Gasteiger partial charge in [-0.25, -0.2) is 13.1 Å². The summed E-state index contributed by atoms with van der Waals surface area (Å²) in [5.41, 5.74) is 6.66. The Kier molecular flexibility index (Phi) is 4.35. The van der Waals surface area contributed by atoms with E-state index in [4.69, 9.17) is 18.0 Å². The zero-order valence-electron chi connectivity index (χ0n) is 11.6. The standard InChI is InChI=1S/C12H15N5O2S2/c1-8-3-4-9(12(13)20)5-10(8)21(18,19)15-6-11-16-14-7-17(11)2/h3-5,7,15H,6H2,1-2H3,(H2,13,20). The summed E-state index contributed by atoms with van der Waals surface area (Å²) in [6, 6.07) is 4.83. The number of nitrogens with one attached hydrogen (secondary N) is 1. The van der Waals surface area contributed by atoms with Crippen molar-refractivity contribution in [3.63, 3.8) is 0 Å². The molecular weight excluding hydrogens is 310 g/mol. The quantitative estimate of drug-likeness (QED) is 0.763. The number of benzene rings is 1. The Morgan fingerprint density at radius 3 is 2.76 bits per heavy atom. The van der Waals surface area contributed by atoms with Gasteiger partial charge in [0.25, 0.3) is 0 Å². The molecule has 2 aromatic rings. The lowest BCUT2D eigenvalue weighted by atomic mass is 10.1. The smallest absolute Gasteiger partial charge is 0.241 e. The summed E-state index contributed by atoms with van der Waals surface area (Å²) in [6.45, 7) is 1.76. The number of thiocarbonyl (C=S) groups is 1. The lowest BCUT2D eigenvalue weighted by Crippen LogP contribution is -2.26. The first kappa shape index (κ1) is 15.5. The molecule has 7 nitrogen and oxygen atoms in total. The van der Waals surface area contributed by atoms with Gasteiger partial charge in [-0.1, -0.05) is 24.4 Å². The molecule has 0 aliphatic heterocycles. The number of nitrogens with two attached hydrogens (primary N) is 1. The van der Waals surface area contributed by atoms with Crippen LogP contribution in [0.3, 0.4) is 0 Å². The minimum atomic E-state index is -3.69. The highest BCUT2D eigenvalue weighted by Gasteiger charge is 2.18. The van der Waals surface area contributed by atoms with Gasteiger partial charge in [0, 0.05) is 12.6 Å². The van der Waals surface area contributed by atoms with Crippen molar-refractivity contribution >= 4 is 27.2 Å². The van der Waals surface area contributed by atoms with E-state index in [2.05, 4.69) is 14.9 Å². The van der Waals surface area contributed by atoms with Crippen LogP contribution in [-0.2, 0) is 23.6 Å². The molecule has 0 spiro atoms. The number of hydrogen-bond acceptors (Lipinski definition) is 5. The molecule has 0 unspecified atom stereocenters. The van der Waals surface area contributed by atoms with Gasteiger partial charge >= 0.3 is 0 Å². The first-order valence-corrected chi connectivity index (χ1v) is 7.93. The van der Waals surface area contributed by atoms with Crippen molar-refractivity contribution in [2.45, 2.75) is 18.4 Å². The number of hydrogen-bond donors (Lipinski definition) is 2. The molecule has 9 heteroatoms. The van der Waals surface area contributed by atoms with Crippen LogP contribution in [0.25, 0.3) is 0 Å². The van der Waals surface area contributed by atoms with Crippen LogP contribution in [0.5, 0.6) is 0 Å². The highest BCUT2D eigenvalue weighted by molar-refractivity contribution is 7.89. The fraction of sp³-hybridized carbons (Fsp3) is 0.250. The normalized spacial score (nSPS) is 11.5. The zero-order valence-corrected chi connectivity index (χ0v) is 13.2. The Bertz CT molecular complexity index is 783. The number of aryl methyl sites for hydroxylation is 2. The second kappa shape index (κ2) is 5.88. The third-order valence-electron chi connectivity index (χ3n) is 2.99. The summed E-state index contributed by atoms with van der Waals surface area (Å²) < 4.78 is 28.9. The monoisotopic (exact) mass is 325 g/mol. The van der Waals surface area contributed by atoms with E-state index in [0.29, 0.717) is 17.0 Å². The molecule has 21 heavy (non-hydrogen) atoms. The number of rotatable bonds is 5. The van der Waals surface area contributed by atoms with Crippen LogP contribution in [-0.4, -0.2) is 28.2 Å². The van der Waals surface area contributed by atoms with E-state index in [9.17, 15) is 8.42 Å². The summed E-state index contributed by atoms with van der Waals surface area (Å²) in [7, 11) is -1.95. The molecule has 0 radical (unpaired) electrons. The number of nitrogens with zero attached hydrogens (tertiary/aromatic N) is 3. The summed E-state index contributed by atoms with van der Waals surface area (Å²) in [5.74, 6) is 0.515. The second-order valence-corrected chi connectivity index (χ2v) is 6.70. The Morgan fingerprint density at radius 1 is 1.48 bits per heavy atom. The van der Waals surface area contributed by atoms with Crippen LogP contribution in [0.2, 0.25) is 0 Å². The van der Waals surface area contributed by atoms with Gasteiger partial charge in [0.1, 0.15) is 17.1 Å². The van der Waals surface area contributed by atoms with Crippen molar-refractivity contribution in [1.29, 1.82) is 0 Å². The van der Waals surface area contributed by atoms with Gasteiger partial charge in [-0.2, -0.15) is 0 Å². The lowest BCUT2D eigenvalue weighted by molar-refractivity contribution is 0.576. The Labute approximate surface area is 128 Å². The van der Waals surface area contributed by atoms with Gasteiger partial charge in [0.15, 0.2) is 0 Å². The maximum absolute atomic E-state index is 12.4. The second-order valence-electron chi connectivity index (χ2n) is 4.53. The van der Waals surface area contributed by atoms with Crippen molar-refractivity contribution in [3.05, 3.63) is 41.5 Å². The number of sulfonamides is 1. The summed E-state index contributed by atoms with van der Waals surface area (Å²) in [5, 5.41) is 7.52.